The molecule has 2 aliphatic carbocycles. The summed E-state index contributed by atoms with van der Waals surface area (Å²) in [7, 11) is 0. The number of ether oxygens (including phenoxy) is 1. The van der Waals surface area contributed by atoms with Crippen molar-refractivity contribution in [2.45, 2.75) is 122 Å². The normalized spacial score (nSPS) is 27.6. The highest BCUT2D eigenvalue weighted by atomic mass is 16.6. The largest absolute Gasteiger partial charge is 0.444 e. The SMILES string of the molecule is CC(C)(C)OC(=O)NC1CCCCCC1NC1CCCCCCC1. The van der Waals surface area contributed by atoms with Crippen molar-refractivity contribution >= 4 is 6.09 Å². The van der Waals surface area contributed by atoms with Gasteiger partial charge in [0.15, 0.2) is 0 Å². The van der Waals surface area contributed by atoms with Gasteiger partial charge in [0, 0.05) is 18.1 Å². The Hall–Kier alpha value is -0.770. The Morgan fingerprint density at radius 3 is 1.92 bits per heavy atom. The van der Waals surface area contributed by atoms with Crippen LogP contribution in [0.4, 0.5) is 4.79 Å². The second-order valence-corrected chi connectivity index (χ2v) is 8.71. The van der Waals surface area contributed by atoms with Gasteiger partial charge in [-0.05, 0) is 46.5 Å². The lowest BCUT2D eigenvalue weighted by Gasteiger charge is -2.32. The van der Waals surface area contributed by atoms with Crippen molar-refractivity contribution in [2.75, 3.05) is 0 Å². The Balaban J connectivity index is 1.91. The number of rotatable bonds is 3. The van der Waals surface area contributed by atoms with Crippen molar-refractivity contribution < 1.29 is 9.53 Å². The van der Waals surface area contributed by atoms with Gasteiger partial charge >= 0.3 is 6.09 Å². The monoisotopic (exact) mass is 338 g/mol. The van der Waals surface area contributed by atoms with Crippen LogP contribution in [0.1, 0.15) is 97.8 Å². The summed E-state index contributed by atoms with van der Waals surface area (Å²) in [4.78, 5) is 12.2. The Morgan fingerprint density at radius 1 is 0.792 bits per heavy atom. The molecule has 0 aromatic heterocycles. The number of carbonyl (C=O) groups excluding carboxylic acids is 1. The van der Waals surface area contributed by atoms with Crippen LogP contribution in [0.15, 0.2) is 0 Å². The van der Waals surface area contributed by atoms with Gasteiger partial charge in [0.2, 0.25) is 0 Å². The molecule has 4 nitrogen and oxygen atoms in total. The van der Waals surface area contributed by atoms with Crippen LogP contribution in [0.3, 0.4) is 0 Å². The van der Waals surface area contributed by atoms with E-state index in [-0.39, 0.29) is 12.1 Å². The molecule has 2 fully saturated rings. The molecule has 2 N–H and O–H groups in total. The van der Waals surface area contributed by atoms with Gasteiger partial charge in [0.1, 0.15) is 5.60 Å². The summed E-state index contributed by atoms with van der Waals surface area (Å²) < 4.78 is 5.48. The van der Waals surface area contributed by atoms with Crippen molar-refractivity contribution in [3.63, 3.8) is 0 Å². The first-order valence-electron chi connectivity index (χ1n) is 10.2. The van der Waals surface area contributed by atoms with E-state index in [1.165, 1.54) is 64.2 Å². The molecule has 2 aliphatic rings. The fraction of sp³-hybridized carbons (Fsp3) is 0.950. The molecule has 24 heavy (non-hydrogen) atoms. The molecule has 0 bridgehead atoms. The molecule has 0 saturated heterocycles. The van der Waals surface area contributed by atoms with Gasteiger partial charge in [-0.1, -0.05) is 51.4 Å². The highest BCUT2D eigenvalue weighted by Crippen LogP contribution is 2.23. The molecule has 0 heterocycles. The van der Waals surface area contributed by atoms with Crippen LogP contribution in [0.2, 0.25) is 0 Å². The van der Waals surface area contributed by atoms with E-state index in [1.54, 1.807) is 0 Å². The van der Waals surface area contributed by atoms with E-state index in [0.29, 0.717) is 12.1 Å². The number of carbonyl (C=O) groups is 1. The zero-order valence-electron chi connectivity index (χ0n) is 16.0. The summed E-state index contributed by atoms with van der Waals surface area (Å²) in [6.45, 7) is 5.76. The van der Waals surface area contributed by atoms with Gasteiger partial charge in [-0.3, -0.25) is 0 Å². The maximum absolute atomic E-state index is 12.2. The summed E-state index contributed by atoms with van der Waals surface area (Å²) in [5, 5.41) is 7.07. The molecule has 0 aromatic carbocycles. The van der Waals surface area contributed by atoms with E-state index in [2.05, 4.69) is 10.6 Å². The van der Waals surface area contributed by atoms with Crippen LogP contribution in [-0.2, 0) is 4.74 Å². The highest BCUT2D eigenvalue weighted by Gasteiger charge is 2.28. The van der Waals surface area contributed by atoms with E-state index >= 15 is 0 Å². The maximum atomic E-state index is 12.2. The summed E-state index contributed by atoms with van der Waals surface area (Å²) >= 11 is 0. The van der Waals surface area contributed by atoms with Crippen LogP contribution in [0.25, 0.3) is 0 Å². The Kier molecular flexibility index (Phi) is 7.86. The molecular weight excluding hydrogens is 300 g/mol. The lowest BCUT2D eigenvalue weighted by atomic mass is 9.94. The molecule has 4 heteroatoms. The topological polar surface area (TPSA) is 50.4 Å². The maximum Gasteiger partial charge on any atom is 0.407 e. The summed E-state index contributed by atoms with van der Waals surface area (Å²) in [6, 6.07) is 1.22. The molecule has 2 unspecified atom stereocenters. The van der Waals surface area contributed by atoms with E-state index < -0.39 is 5.60 Å². The molecule has 0 spiro atoms. The highest BCUT2D eigenvalue weighted by molar-refractivity contribution is 5.68. The molecular formula is C20H38N2O2. The van der Waals surface area contributed by atoms with Crippen molar-refractivity contribution in [1.29, 1.82) is 0 Å². The molecule has 0 aliphatic heterocycles. The van der Waals surface area contributed by atoms with Gasteiger partial charge in [-0.15, -0.1) is 0 Å². The van der Waals surface area contributed by atoms with Crippen molar-refractivity contribution in [1.82, 2.24) is 10.6 Å². The van der Waals surface area contributed by atoms with Crippen molar-refractivity contribution in [2.24, 2.45) is 0 Å². The lowest BCUT2D eigenvalue weighted by molar-refractivity contribution is 0.0487. The van der Waals surface area contributed by atoms with Gasteiger partial charge in [0.25, 0.3) is 0 Å². The molecule has 2 atom stereocenters. The summed E-state index contributed by atoms with van der Waals surface area (Å²) in [6.07, 6.45) is 15.1. The van der Waals surface area contributed by atoms with Gasteiger partial charge < -0.3 is 15.4 Å². The average molecular weight is 339 g/mol. The quantitative estimate of drug-likeness (QED) is 0.719. The zero-order chi connectivity index (χ0) is 17.4. The lowest BCUT2D eigenvalue weighted by Crippen LogP contribution is -2.53. The Labute approximate surface area is 148 Å². The second-order valence-electron chi connectivity index (χ2n) is 8.71. The first-order valence-corrected chi connectivity index (χ1v) is 10.2. The zero-order valence-corrected chi connectivity index (χ0v) is 16.0. The minimum Gasteiger partial charge on any atom is -0.444 e. The predicted octanol–water partition coefficient (Wildman–Crippen LogP) is 4.91. The van der Waals surface area contributed by atoms with Crippen LogP contribution in [0.5, 0.6) is 0 Å². The van der Waals surface area contributed by atoms with Gasteiger partial charge in [0.05, 0.1) is 0 Å². The Bertz CT molecular complexity index is 370. The van der Waals surface area contributed by atoms with E-state index in [9.17, 15) is 4.79 Å². The third-order valence-electron chi connectivity index (χ3n) is 5.27. The number of hydrogen-bond donors (Lipinski definition) is 2. The first-order chi connectivity index (χ1) is 11.4. The number of alkyl carbamates (subject to hydrolysis) is 1. The predicted molar refractivity (Wildman–Crippen MR) is 99.3 cm³/mol. The minimum atomic E-state index is -0.433. The third kappa shape index (κ3) is 7.42. The van der Waals surface area contributed by atoms with Crippen LogP contribution < -0.4 is 10.6 Å². The fourth-order valence-corrected chi connectivity index (χ4v) is 4.06. The smallest absolute Gasteiger partial charge is 0.407 e. The standard InChI is InChI=1S/C20H38N2O2/c1-20(2,3)24-19(23)22-18-15-11-7-10-14-17(18)21-16-12-8-5-4-6-9-13-16/h16-18,21H,4-15H2,1-3H3,(H,22,23). The first kappa shape index (κ1) is 19.6. The molecule has 140 valence electrons. The Morgan fingerprint density at radius 2 is 1.29 bits per heavy atom. The minimum absolute atomic E-state index is 0.202. The summed E-state index contributed by atoms with van der Waals surface area (Å²) in [5.41, 5.74) is -0.433. The van der Waals surface area contributed by atoms with Crippen LogP contribution in [0, 0.1) is 0 Å². The number of nitrogens with one attached hydrogen (secondary N) is 2. The van der Waals surface area contributed by atoms with E-state index in [1.807, 2.05) is 20.8 Å². The number of hydrogen-bond acceptors (Lipinski definition) is 3. The molecule has 0 radical (unpaired) electrons. The molecule has 1 amide bonds. The summed E-state index contributed by atoms with van der Waals surface area (Å²) in [5.74, 6) is 0. The average Bonchev–Trinajstić information content (AvgIpc) is 2.65. The third-order valence-corrected chi connectivity index (χ3v) is 5.27. The fourth-order valence-electron chi connectivity index (χ4n) is 4.06. The van der Waals surface area contributed by atoms with Gasteiger partial charge in [-0.2, -0.15) is 0 Å². The second kappa shape index (κ2) is 9.65. The van der Waals surface area contributed by atoms with Crippen LogP contribution >= 0.6 is 0 Å². The molecule has 2 saturated carbocycles. The van der Waals surface area contributed by atoms with E-state index in [4.69, 9.17) is 4.74 Å². The number of amides is 1. The van der Waals surface area contributed by atoms with E-state index in [0.717, 1.165) is 12.8 Å². The molecule has 0 aromatic rings. The molecule has 2 rings (SSSR count). The van der Waals surface area contributed by atoms with Crippen molar-refractivity contribution in [3.8, 4) is 0 Å². The van der Waals surface area contributed by atoms with Crippen LogP contribution in [-0.4, -0.2) is 29.8 Å². The van der Waals surface area contributed by atoms with Crippen molar-refractivity contribution in [3.05, 3.63) is 0 Å². The van der Waals surface area contributed by atoms with Gasteiger partial charge in [-0.25, -0.2) is 4.79 Å².